The molecule has 0 spiro atoms. The summed E-state index contributed by atoms with van der Waals surface area (Å²) in [5.74, 6) is 1.49. The fraction of sp³-hybridized carbons (Fsp3) is 0.316. The molecule has 1 amide bonds. The molecule has 0 bridgehead atoms. The Morgan fingerprint density at radius 3 is 2.73 bits per heavy atom. The van der Waals surface area contributed by atoms with Gasteiger partial charge in [-0.2, -0.15) is 0 Å². The van der Waals surface area contributed by atoms with Crippen LogP contribution in [0.1, 0.15) is 29.0 Å². The van der Waals surface area contributed by atoms with Gasteiger partial charge in [0.25, 0.3) is 0 Å². The average Bonchev–Trinajstić information content (AvgIpc) is 2.50. The predicted octanol–water partition coefficient (Wildman–Crippen LogP) is 3.93. The summed E-state index contributed by atoms with van der Waals surface area (Å²) in [5, 5.41) is 3.07. The van der Waals surface area contributed by atoms with E-state index in [0.29, 0.717) is 12.3 Å². The lowest BCUT2D eigenvalue weighted by Crippen LogP contribution is -2.33. The Kier molecular flexibility index (Phi) is 4.84. The van der Waals surface area contributed by atoms with Gasteiger partial charge in [0, 0.05) is 29.5 Å². The molecule has 1 atom stereocenters. The van der Waals surface area contributed by atoms with Crippen LogP contribution in [0, 0.1) is 6.92 Å². The van der Waals surface area contributed by atoms with Crippen molar-refractivity contribution in [3.05, 3.63) is 65.2 Å². The third-order valence-corrected chi connectivity index (χ3v) is 5.14. The second-order valence-corrected chi connectivity index (χ2v) is 6.98. The third kappa shape index (κ3) is 3.72. The smallest absolute Gasteiger partial charge is 0.220 e. The first kappa shape index (κ1) is 15.2. The highest BCUT2D eigenvalue weighted by molar-refractivity contribution is 7.99. The Morgan fingerprint density at radius 1 is 1.18 bits per heavy atom. The second-order valence-electron chi connectivity index (χ2n) is 5.82. The second kappa shape index (κ2) is 7.01. The molecule has 0 aromatic heterocycles. The van der Waals surface area contributed by atoms with Gasteiger partial charge >= 0.3 is 0 Å². The Bertz CT molecular complexity index is 651. The van der Waals surface area contributed by atoms with Crippen LogP contribution in [0.15, 0.2) is 53.4 Å². The summed E-state index contributed by atoms with van der Waals surface area (Å²) in [6.07, 6.45) is 1.67. The standard InChI is InChI=1S/C19H21NOS/c1-14-6-8-17(9-7-14)22-11-10-19(21)20-13-16-12-15-4-2-3-5-18(15)16/h2-9,16H,10-13H2,1H3,(H,20,21). The van der Waals surface area contributed by atoms with Crippen molar-refractivity contribution in [3.63, 3.8) is 0 Å². The molecule has 0 heterocycles. The SMILES string of the molecule is Cc1ccc(SCCC(=O)NCC2Cc3ccccc32)cc1. The van der Waals surface area contributed by atoms with Crippen molar-refractivity contribution in [1.82, 2.24) is 5.32 Å². The Labute approximate surface area is 136 Å². The van der Waals surface area contributed by atoms with Gasteiger partial charge in [-0.15, -0.1) is 11.8 Å². The zero-order valence-electron chi connectivity index (χ0n) is 12.8. The number of benzene rings is 2. The van der Waals surface area contributed by atoms with Gasteiger partial charge < -0.3 is 5.32 Å². The molecule has 1 aliphatic rings. The van der Waals surface area contributed by atoms with Gasteiger partial charge in [-0.25, -0.2) is 0 Å². The van der Waals surface area contributed by atoms with E-state index in [1.54, 1.807) is 11.8 Å². The summed E-state index contributed by atoms with van der Waals surface area (Å²) < 4.78 is 0. The van der Waals surface area contributed by atoms with Gasteiger partial charge in [-0.05, 0) is 36.6 Å². The molecule has 0 fully saturated rings. The molecule has 3 heteroatoms. The number of hydrogen-bond donors (Lipinski definition) is 1. The molecule has 2 aromatic carbocycles. The van der Waals surface area contributed by atoms with E-state index in [4.69, 9.17) is 0 Å². The van der Waals surface area contributed by atoms with E-state index in [-0.39, 0.29) is 5.91 Å². The number of carbonyl (C=O) groups excluding carboxylic acids is 1. The van der Waals surface area contributed by atoms with Crippen molar-refractivity contribution in [1.29, 1.82) is 0 Å². The number of thioether (sulfide) groups is 1. The zero-order chi connectivity index (χ0) is 15.4. The highest BCUT2D eigenvalue weighted by atomic mass is 32.2. The monoisotopic (exact) mass is 311 g/mol. The van der Waals surface area contributed by atoms with Gasteiger partial charge in [0.05, 0.1) is 0 Å². The molecule has 1 unspecified atom stereocenters. The molecule has 2 aromatic rings. The average molecular weight is 311 g/mol. The summed E-state index contributed by atoms with van der Waals surface area (Å²) in [7, 11) is 0. The summed E-state index contributed by atoms with van der Waals surface area (Å²) in [6, 6.07) is 16.9. The number of rotatable bonds is 6. The number of aryl methyl sites for hydroxylation is 1. The highest BCUT2D eigenvalue weighted by Gasteiger charge is 2.25. The molecule has 22 heavy (non-hydrogen) atoms. The van der Waals surface area contributed by atoms with E-state index in [2.05, 4.69) is 60.8 Å². The summed E-state index contributed by atoms with van der Waals surface area (Å²) in [6.45, 7) is 2.85. The van der Waals surface area contributed by atoms with Crippen molar-refractivity contribution < 1.29 is 4.79 Å². The van der Waals surface area contributed by atoms with Gasteiger partial charge in [0.1, 0.15) is 0 Å². The summed E-state index contributed by atoms with van der Waals surface area (Å²) >= 11 is 1.74. The van der Waals surface area contributed by atoms with Crippen molar-refractivity contribution in [2.45, 2.75) is 30.6 Å². The van der Waals surface area contributed by atoms with E-state index in [0.717, 1.165) is 18.7 Å². The number of hydrogen-bond acceptors (Lipinski definition) is 2. The van der Waals surface area contributed by atoms with Gasteiger partial charge in [-0.1, -0.05) is 42.0 Å². The molecule has 0 saturated heterocycles. The van der Waals surface area contributed by atoms with Crippen LogP contribution < -0.4 is 5.32 Å². The van der Waals surface area contributed by atoms with Gasteiger partial charge in [0.15, 0.2) is 0 Å². The van der Waals surface area contributed by atoms with Crippen molar-refractivity contribution in [3.8, 4) is 0 Å². The number of nitrogens with one attached hydrogen (secondary N) is 1. The maximum absolute atomic E-state index is 11.9. The van der Waals surface area contributed by atoms with Crippen LogP contribution in [0.5, 0.6) is 0 Å². The first-order valence-electron chi connectivity index (χ1n) is 7.76. The summed E-state index contributed by atoms with van der Waals surface area (Å²) in [4.78, 5) is 13.1. The van der Waals surface area contributed by atoms with E-state index < -0.39 is 0 Å². The fourth-order valence-electron chi connectivity index (χ4n) is 2.77. The molecule has 3 rings (SSSR count). The van der Waals surface area contributed by atoms with Crippen LogP contribution in [-0.2, 0) is 11.2 Å². The minimum absolute atomic E-state index is 0.156. The maximum atomic E-state index is 11.9. The highest BCUT2D eigenvalue weighted by Crippen LogP contribution is 2.33. The van der Waals surface area contributed by atoms with Crippen LogP contribution in [-0.4, -0.2) is 18.2 Å². The molecule has 1 N–H and O–H groups in total. The minimum atomic E-state index is 0.156. The van der Waals surface area contributed by atoms with Crippen LogP contribution in [0.4, 0.5) is 0 Å². The Morgan fingerprint density at radius 2 is 1.95 bits per heavy atom. The minimum Gasteiger partial charge on any atom is -0.355 e. The molecule has 1 aliphatic carbocycles. The first-order chi connectivity index (χ1) is 10.7. The topological polar surface area (TPSA) is 29.1 Å². The van der Waals surface area contributed by atoms with Crippen molar-refractivity contribution in [2.24, 2.45) is 0 Å². The molecule has 2 nitrogen and oxygen atoms in total. The van der Waals surface area contributed by atoms with Crippen LogP contribution in [0.3, 0.4) is 0 Å². The lowest BCUT2D eigenvalue weighted by Gasteiger charge is -2.30. The Balaban J connectivity index is 1.36. The zero-order valence-corrected chi connectivity index (χ0v) is 13.7. The van der Waals surface area contributed by atoms with E-state index in [1.165, 1.54) is 21.6 Å². The van der Waals surface area contributed by atoms with Crippen molar-refractivity contribution in [2.75, 3.05) is 12.3 Å². The molecular formula is C19H21NOS. The largest absolute Gasteiger partial charge is 0.355 e. The lowest BCUT2D eigenvalue weighted by molar-refractivity contribution is -0.120. The quantitative estimate of drug-likeness (QED) is 0.819. The van der Waals surface area contributed by atoms with Gasteiger partial charge in [-0.3, -0.25) is 4.79 Å². The van der Waals surface area contributed by atoms with Crippen LogP contribution in [0.25, 0.3) is 0 Å². The fourth-order valence-corrected chi connectivity index (χ4v) is 3.62. The van der Waals surface area contributed by atoms with Crippen LogP contribution >= 0.6 is 11.8 Å². The normalized spacial score (nSPS) is 15.8. The van der Waals surface area contributed by atoms with E-state index >= 15 is 0 Å². The van der Waals surface area contributed by atoms with E-state index in [1.807, 2.05) is 0 Å². The number of carbonyl (C=O) groups is 1. The summed E-state index contributed by atoms with van der Waals surface area (Å²) in [5.41, 5.74) is 4.09. The van der Waals surface area contributed by atoms with Crippen LogP contribution in [0.2, 0.25) is 0 Å². The van der Waals surface area contributed by atoms with Gasteiger partial charge in [0.2, 0.25) is 5.91 Å². The number of fused-ring (bicyclic) bond motifs is 1. The molecule has 0 aliphatic heterocycles. The first-order valence-corrected chi connectivity index (χ1v) is 8.75. The van der Waals surface area contributed by atoms with Crippen molar-refractivity contribution >= 4 is 17.7 Å². The predicted molar refractivity (Wildman–Crippen MR) is 92.4 cm³/mol. The molecule has 114 valence electrons. The molecule has 0 saturated carbocycles. The van der Waals surface area contributed by atoms with E-state index in [9.17, 15) is 4.79 Å². The molecular weight excluding hydrogens is 290 g/mol. The molecule has 0 radical (unpaired) electrons. The third-order valence-electron chi connectivity index (χ3n) is 4.13. The lowest BCUT2D eigenvalue weighted by atomic mass is 9.77. The Hall–Kier alpha value is -1.74. The number of amides is 1. The maximum Gasteiger partial charge on any atom is 0.220 e.